The summed E-state index contributed by atoms with van der Waals surface area (Å²) >= 11 is 5.98. The van der Waals surface area contributed by atoms with Crippen LogP contribution in [0.15, 0.2) is 41.9 Å². The summed E-state index contributed by atoms with van der Waals surface area (Å²) in [7, 11) is 0. The van der Waals surface area contributed by atoms with Crippen LogP contribution in [0, 0.1) is 0 Å². The molecular weight excluding hydrogens is 374 g/mol. The van der Waals surface area contributed by atoms with Gasteiger partial charge in [0.25, 0.3) is 0 Å². The molecule has 0 amide bonds. The Morgan fingerprint density at radius 2 is 1.79 bits per heavy atom. The highest BCUT2D eigenvalue weighted by Gasteiger charge is 2.19. The highest BCUT2D eigenvalue weighted by atomic mass is 35.5. The first kappa shape index (κ1) is 20.6. The number of guanidine groups is 1. The highest BCUT2D eigenvalue weighted by Crippen LogP contribution is 2.13. The maximum atomic E-state index is 5.98. The fraction of sp³-hybridized carbons (Fsp3) is 0.550. The minimum absolute atomic E-state index is 0.793. The molecule has 1 aromatic heterocycles. The lowest BCUT2D eigenvalue weighted by Crippen LogP contribution is -2.52. The average molecular weight is 404 g/mol. The number of nitrogens with one attached hydrogen (secondary N) is 1. The van der Waals surface area contributed by atoms with Crippen LogP contribution in [0.2, 0.25) is 5.02 Å². The van der Waals surface area contributed by atoms with Crippen molar-refractivity contribution in [2.75, 3.05) is 39.3 Å². The number of aromatic nitrogens is 3. The van der Waals surface area contributed by atoms with Crippen LogP contribution in [0.25, 0.3) is 0 Å². The third-order valence-corrected chi connectivity index (χ3v) is 5.13. The van der Waals surface area contributed by atoms with Crippen LogP contribution in [0.4, 0.5) is 0 Å². The Hall–Kier alpha value is -2.12. The Morgan fingerprint density at radius 1 is 1.07 bits per heavy atom. The second-order valence-corrected chi connectivity index (χ2v) is 7.47. The zero-order valence-corrected chi connectivity index (χ0v) is 17.4. The van der Waals surface area contributed by atoms with Gasteiger partial charge in [0.05, 0.1) is 0 Å². The molecule has 0 saturated carbocycles. The average Bonchev–Trinajstić information content (AvgIpc) is 3.23. The van der Waals surface area contributed by atoms with E-state index in [9.17, 15) is 0 Å². The van der Waals surface area contributed by atoms with Gasteiger partial charge < -0.3 is 14.8 Å². The molecule has 1 saturated heterocycles. The van der Waals surface area contributed by atoms with Crippen molar-refractivity contribution in [3.05, 3.63) is 47.5 Å². The topological polar surface area (TPSA) is 61.6 Å². The number of benzene rings is 1. The van der Waals surface area contributed by atoms with E-state index in [1.165, 1.54) is 5.56 Å². The van der Waals surface area contributed by atoms with Gasteiger partial charge in [0.1, 0.15) is 12.7 Å². The standard InChI is InChI=1S/C20H30ClN7/c1-2-22-20(23-9-3-4-10-27-16-24-25-17-27)28-13-11-26(12-14-28)15-18-5-7-19(21)8-6-18/h5-8,16-17H,2-4,9-15H2,1H3,(H,22,23). The van der Waals surface area contributed by atoms with Gasteiger partial charge in [0.15, 0.2) is 5.96 Å². The predicted molar refractivity (Wildman–Crippen MR) is 114 cm³/mol. The highest BCUT2D eigenvalue weighted by molar-refractivity contribution is 6.30. The first-order valence-electron chi connectivity index (χ1n) is 10.1. The number of hydrogen-bond donors (Lipinski definition) is 1. The summed E-state index contributed by atoms with van der Waals surface area (Å²) < 4.78 is 2.01. The molecule has 0 unspecified atom stereocenters. The fourth-order valence-corrected chi connectivity index (χ4v) is 3.45. The first-order chi connectivity index (χ1) is 13.7. The minimum atomic E-state index is 0.793. The molecule has 0 spiro atoms. The van der Waals surface area contributed by atoms with Crippen molar-refractivity contribution in [3.63, 3.8) is 0 Å². The van der Waals surface area contributed by atoms with Gasteiger partial charge in [-0.15, -0.1) is 10.2 Å². The number of rotatable bonds is 8. The van der Waals surface area contributed by atoms with Gasteiger partial charge >= 0.3 is 0 Å². The Balaban J connectivity index is 1.42. The van der Waals surface area contributed by atoms with Crippen LogP contribution in [-0.2, 0) is 13.1 Å². The number of aryl methyl sites for hydroxylation is 1. The molecule has 1 aliphatic rings. The quantitative estimate of drug-likeness (QED) is 0.417. The minimum Gasteiger partial charge on any atom is -0.357 e. The van der Waals surface area contributed by atoms with Crippen molar-refractivity contribution in [2.24, 2.45) is 4.99 Å². The number of unbranched alkanes of at least 4 members (excludes halogenated alkanes) is 1. The van der Waals surface area contributed by atoms with Crippen LogP contribution in [-0.4, -0.2) is 69.8 Å². The predicted octanol–water partition coefficient (Wildman–Crippen LogP) is 2.50. The molecule has 0 radical (unpaired) electrons. The van der Waals surface area contributed by atoms with E-state index < -0.39 is 0 Å². The maximum absolute atomic E-state index is 5.98. The maximum Gasteiger partial charge on any atom is 0.194 e. The zero-order chi connectivity index (χ0) is 19.6. The lowest BCUT2D eigenvalue weighted by atomic mass is 10.2. The molecule has 2 heterocycles. The van der Waals surface area contributed by atoms with Crippen LogP contribution in [0.3, 0.4) is 0 Å². The molecule has 152 valence electrons. The van der Waals surface area contributed by atoms with Crippen molar-refractivity contribution in [1.82, 2.24) is 29.9 Å². The largest absolute Gasteiger partial charge is 0.357 e. The third-order valence-electron chi connectivity index (χ3n) is 4.88. The van der Waals surface area contributed by atoms with E-state index in [0.29, 0.717) is 0 Å². The van der Waals surface area contributed by atoms with E-state index in [1.54, 1.807) is 12.7 Å². The lowest BCUT2D eigenvalue weighted by molar-refractivity contribution is 0.172. The third kappa shape index (κ3) is 6.49. The van der Waals surface area contributed by atoms with Crippen LogP contribution in [0.1, 0.15) is 25.3 Å². The normalized spacial score (nSPS) is 15.8. The Bertz CT molecular complexity index is 707. The van der Waals surface area contributed by atoms with E-state index in [4.69, 9.17) is 16.6 Å². The molecule has 1 N–H and O–H groups in total. The van der Waals surface area contributed by atoms with Gasteiger partial charge in [-0.2, -0.15) is 0 Å². The smallest absolute Gasteiger partial charge is 0.194 e. The van der Waals surface area contributed by atoms with Crippen molar-refractivity contribution in [3.8, 4) is 0 Å². The number of piperazine rings is 1. The molecule has 8 heteroatoms. The second kappa shape index (κ2) is 11.0. The number of nitrogens with zero attached hydrogens (tertiary/aromatic N) is 6. The van der Waals surface area contributed by atoms with E-state index in [1.807, 2.05) is 16.7 Å². The molecule has 0 bridgehead atoms. The van der Waals surface area contributed by atoms with Gasteiger partial charge in [-0.1, -0.05) is 23.7 Å². The Morgan fingerprint density at radius 3 is 2.46 bits per heavy atom. The zero-order valence-electron chi connectivity index (χ0n) is 16.6. The number of halogens is 1. The van der Waals surface area contributed by atoms with E-state index in [-0.39, 0.29) is 0 Å². The van der Waals surface area contributed by atoms with Gasteiger partial charge in [0.2, 0.25) is 0 Å². The lowest BCUT2D eigenvalue weighted by Gasteiger charge is -2.36. The monoisotopic (exact) mass is 403 g/mol. The van der Waals surface area contributed by atoms with Gasteiger partial charge in [0, 0.05) is 57.4 Å². The van der Waals surface area contributed by atoms with Crippen molar-refractivity contribution >= 4 is 17.6 Å². The van der Waals surface area contributed by atoms with Crippen LogP contribution in [0.5, 0.6) is 0 Å². The molecular formula is C20H30ClN7. The van der Waals surface area contributed by atoms with E-state index in [0.717, 1.165) is 76.2 Å². The summed E-state index contributed by atoms with van der Waals surface area (Å²) in [5.74, 6) is 1.04. The summed E-state index contributed by atoms with van der Waals surface area (Å²) in [6, 6.07) is 8.15. The Kier molecular flexibility index (Phi) is 8.11. The molecule has 2 aromatic rings. The fourth-order valence-electron chi connectivity index (χ4n) is 3.32. The number of aliphatic imine (C=N–C) groups is 1. The van der Waals surface area contributed by atoms with Crippen molar-refractivity contribution in [1.29, 1.82) is 0 Å². The van der Waals surface area contributed by atoms with Crippen LogP contribution >= 0.6 is 11.6 Å². The molecule has 1 aromatic carbocycles. The molecule has 1 fully saturated rings. The summed E-state index contributed by atoms with van der Waals surface area (Å²) in [6.07, 6.45) is 5.66. The molecule has 0 atom stereocenters. The summed E-state index contributed by atoms with van der Waals surface area (Å²) in [4.78, 5) is 9.70. The summed E-state index contributed by atoms with van der Waals surface area (Å²) in [6.45, 7) is 9.87. The second-order valence-electron chi connectivity index (χ2n) is 7.03. The van der Waals surface area contributed by atoms with Crippen molar-refractivity contribution < 1.29 is 0 Å². The van der Waals surface area contributed by atoms with E-state index >= 15 is 0 Å². The molecule has 28 heavy (non-hydrogen) atoms. The molecule has 0 aliphatic carbocycles. The molecule has 3 rings (SSSR count). The SMILES string of the molecule is CCNC(=NCCCCn1cnnc1)N1CCN(Cc2ccc(Cl)cc2)CC1. The summed E-state index contributed by atoms with van der Waals surface area (Å²) in [5, 5.41) is 11.9. The molecule has 1 aliphatic heterocycles. The number of hydrogen-bond acceptors (Lipinski definition) is 4. The first-order valence-corrected chi connectivity index (χ1v) is 10.4. The van der Waals surface area contributed by atoms with Crippen LogP contribution < -0.4 is 5.32 Å². The Labute approximate surface area is 172 Å². The summed E-state index contributed by atoms with van der Waals surface area (Å²) in [5.41, 5.74) is 1.31. The van der Waals surface area contributed by atoms with Crippen molar-refractivity contribution in [2.45, 2.75) is 32.9 Å². The van der Waals surface area contributed by atoms with Gasteiger partial charge in [-0.05, 0) is 37.5 Å². The van der Waals surface area contributed by atoms with E-state index in [2.05, 4.69) is 44.4 Å². The van der Waals surface area contributed by atoms with Gasteiger partial charge in [-0.3, -0.25) is 9.89 Å². The van der Waals surface area contributed by atoms with Gasteiger partial charge in [-0.25, -0.2) is 0 Å². The molecule has 7 nitrogen and oxygen atoms in total.